The van der Waals surface area contributed by atoms with Crippen molar-refractivity contribution >= 4 is 17.5 Å². The number of para-hydroxylation sites is 1. The molecule has 47 heavy (non-hydrogen) atoms. The molecule has 2 bridgehead atoms. The van der Waals surface area contributed by atoms with E-state index in [2.05, 4.69) is 88.3 Å². The summed E-state index contributed by atoms with van der Waals surface area (Å²) < 4.78 is 6.55. The van der Waals surface area contributed by atoms with E-state index < -0.39 is 11.8 Å². The molecular formula is C38H54N6O3. The van der Waals surface area contributed by atoms with Crippen molar-refractivity contribution in [2.75, 3.05) is 64.8 Å². The number of piperazine rings is 1. The number of fused-ring (bicyclic) bond motifs is 3. The number of rotatable bonds is 9. The van der Waals surface area contributed by atoms with Crippen molar-refractivity contribution < 1.29 is 14.3 Å². The van der Waals surface area contributed by atoms with Gasteiger partial charge in [-0.05, 0) is 87.0 Å². The number of anilines is 1. The molecule has 9 nitrogen and oxygen atoms in total. The third-order valence-electron chi connectivity index (χ3n) is 11.7. The zero-order valence-electron chi connectivity index (χ0n) is 28.8. The molecule has 5 saturated heterocycles. The molecule has 0 aromatic heterocycles. The molecule has 0 radical (unpaired) electrons. The third-order valence-corrected chi connectivity index (χ3v) is 11.7. The van der Waals surface area contributed by atoms with E-state index in [0.717, 1.165) is 82.7 Å². The molecule has 3 atom stereocenters. The summed E-state index contributed by atoms with van der Waals surface area (Å²) in [5.41, 5.74) is 6.22. The summed E-state index contributed by atoms with van der Waals surface area (Å²) in [4.78, 5) is 40.2. The molecule has 0 spiro atoms. The lowest BCUT2D eigenvalue weighted by molar-refractivity contribution is -0.369. The van der Waals surface area contributed by atoms with Gasteiger partial charge in [0.1, 0.15) is 0 Å². The first-order valence-corrected chi connectivity index (χ1v) is 18.2. The largest absolute Gasteiger partial charge is 0.372 e. The summed E-state index contributed by atoms with van der Waals surface area (Å²) in [7, 11) is 2.21. The molecule has 6 aliphatic heterocycles. The number of benzene rings is 2. The molecule has 1 N–H and O–H groups in total. The average Bonchev–Trinajstić information content (AvgIpc) is 3.10. The maximum atomic E-state index is 14.4. The monoisotopic (exact) mass is 642 g/mol. The zero-order chi connectivity index (χ0) is 32.5. The van der Waals surface area contributed by atoms with Gasteiger partial charge in [0.05, 0.1) is 18.7 Å². The van der Waals surface area contributed by atoms with Crippen LogP contribution in [0.3, 0.4) is 0 Å². The quantitative estimate of drug-likeness (QED) is 0.441. The van der Waals surface area contributed by atoms with Crippen LogP contribution in [0, 0.1) is 5.92 Å². The summed E-state index contributed by atoms with van der Waals surface area (Å²) in [5, 5.41) is 3.54. The van der Waals surface area contributed by atoms with Gasteiger partial charge in [-0.25, -0.2) is 4.90 Å². The van der Waals surface area contributed by atoms with E-state index in [0.29, 0.717) is 25.7 Å². The fraction of sp³-hybridized carbons (Fsp3) is 0.632. The van der Waals surface area contributed by atoms with E-state index in [9.17, 15) is 9.59 Å². The number of nitrogens with zero attached hydrogens (tertiary/aromatic N) is 5. The first kappa shape index (κ1) is 32.6. The molecule has 2 unspecified atom stereocenters. The highest BCUT2D eigenvalue weighted by Crippen LogP contribution is 2.47. The van der Waals surface area contributed by atoms with Crippen LogP contribution in [0.25, 0.3) is 0 Å². The minimum Gasteiger partial charge on any atom is -0.372 e. The van der Waals surface area contributed by atoms with E-state index in [1.54, 1.807) is 0 Å². The van der Waals surface area contributed by atoms with Crippen molar-refractivity contribution in [3.63, 3.8) is 0 Å². The molecule has 254 valence electrons. The van der Waals surface area contributed by atoms with E-state index in [1.807, 2.05) is 4.90 Å². The molecule has 0 aliphatic carbocycles. The number of hydrogen-bond acceptors (Lipinski definition) is 7. The van der Waals surface area contributed by atoms with Gasteiger partial charge >= 0.3 is 0 Å². The van der Waals surface area contributed by atoms with Gasteiger partial charge in [-0.15, -0.1) is 0 Å². The van der Waals surface area contributed by atoms with Crippen LogP contribution in [0.5, 0.6) is 0 Å². The number of hydrogen-bond donors (Lipinski definition) is 1. The van der Waals surface area contributed by atoms with Crippen LogP contribution in [0.15, 0.2) is 42.5 Å². The predicted molar refractivity (Wildman–Crippen MR) is 185 cm³/mol. The van der Waals surface area contributed by atoms with Crippen molar-refractivity contribution in [3.8, 4) is 0 Å². The van der Waals surface area contributed by atoms with Crippen LogP contribution in [0.2, 0.25) is 0 Å². The van der Waals surface area contributed by atoms with Crippen molar-refractivity contribution in [3.05, 3.63) is 64.7 Å². The topological polar surface area (TPSA) is 71.6 Å². The van der Waals surface area contributed by atoms with Crippen molar-refractivity contribution in [1.29, 1.82) is 0 Å². The lowest BCUT2D eigenvalue weighted by Gasteiger charge is -2.63. The van der Waals surface area contributed by atoms with Gasteiger partial charge in [-0.2, -0.15) is 0 Å². The fourth-order valence-corrected chi connectivity index (χ4v) is 8.81. The lowest BCUT2D eigenvalue weighted by Crippen LogP contribution is -2.76. The molecule has 8 rings (SSSR count). The maximum Gasteiger partial charge on any atom is 0.226 e. The van der Waals surface area contributed by atoms with E-state index in [4.69, 9.17) is 4.74 Å². The van der Waals surface area contributed by atoms with Crippen LogP contribution in [-0.4, -0.2) is 114 Å². The maximum absolute atomic E-state index is 14.4. The Bertz CT molecular complexity index is 1430. The number of ether oxygens (including phenoxy) is 1. The molecule has 6 heterocycles. The van der Waals surface area contributed by atoms with Gasteiger partial charge in [0.25, 0.3) is 0 Å². The smallest absolute Gasteiger partial charge is 0.226 e. The van der Waals surface area contributed by atoms with Crippen LogP contribution in [-0.2, 0) is 40.1 Å². The predicted octanol–water partition coefficient (Wildman–Crippen LogP) is 4.16. The Balaban J connectivity index is 1.08. The Kier molecular flexibility index (Phi) is 9.60. The highest BCUT2D eigenvalue weighted by atomic mass is 16.6. The molecule has 6 aliphatic rings. The average molecular weight is 643 g/mol. The van der Waals surface area contributed by atoms with Crippen molar-refractivity contribution in [1.82, 2.24) is 24.5 Å². The van der Waals surface area contributed by atoms with Gasteiger partial charge in [0, 0.05) is 63.8 Å². The number of carbonyl (C=O) groups is 2. The molecule has 9 heteroatoms. The van der Waals surface area contributed by atoms with Crippen LogP contribution in [0.4, 0.5) is 5.69 Å². The molecule has 5 fully saturated rings. The first-order chi connectivity index (χ1) is 22.9. The highest BCUT2D eigenvalue weighted by Gasteiger charge is 2.59. The number of nitrogens with one attached hydrogen (secondary N) is 1. The normalized spacial score (nSPS) is 26.3. The van der Waals surface area contributed by atoms with Gasteiger partial charge in [-0.3, -0.25) is 14.5 Å². The summed E-state index contributed by atoms with van der Waals surface area (Å²) in [5.74, 6) is -0.978. The Labute approximate surface area is 281 Å². The molecule has 0 saturated carbocycles. The van der Waals surface area contributed by atoms with Crippen LogP contribution in [0.1, 0.15) is 68.2 Å². The van der Waals surface area contributed by atoms with Crippen molar-refractivity contribution in [2.45, 2.75) is 89.8 Å². The van der Waals surface area contributed by atoms with Gasteiger partial charge in [0.15, 0.2) is 0 Å². The molecule has 2 amide bonds. The standard InChI is InChI=1S/C38H54N6O3/c1-4-29-11-10-28(22-30(29)5-2)23-32(37(46)42-20-18-41(19-21-42)33-12-15-40(3)16-13-33)24-36(45)44-17-14-34-25-38(44,47-34)43-26-31-8-6-7-9-35(31)39-27-43/h6-11,22,32-34,39H,4-5,12-21,23-27H2,1-3H3/t32?,34?,38-/m1/s1. The summed E-state index contributed by atoms with van der Waals surface area (Å²) in [6.07, 6.45) is 7.02. The Morgan fingerprint density at radius 1 is 0.936 bits per heavy atom. The molecular weight excluding hydrogens is 588 g/mol. The highest BCUT2D eigenvalue weighted by molar-refractivity contribution is 5.86. The van der Waals surface area contributed by atoms with Gasteiger partial charge in [0.2, 0.25) is 17.7 Å². The number of aryl methyl sites for hydroxylation is 2. The second-order valence-electron chi connectivity index (χ2n) is 14.5. The summed E-state index contributed by atoms with van der Waals surface area (Å²) in [6.45, 7) is 12.0. The van der Waals surface area contributed by atoms with E-state index in [1.165, 1.54) is 29.5 Å². The number of amides is 2. The fourth-order valence-electron chi connectivity index (χ4n) is 8.81. The lowest BCUT2D eigenvalue weighted by atomic mass is 9.88. The van der Waals surface area contributed by atoms with Gasteiger partial charge in [-0.1, -0.05) is 50.2 Å². The van der Waals surface area contributed by atoms with Crippen LogP contribution >= 0.6 is 0 Å². The summed E-state index contributed by atoms with van der Waals surface area (Å²) in [6, 6.07) is 15.7. The number of carbonyl (C=O) groups excluding carboxylic acids is 2. The third kappa shape index (κ3) is 6.56. The first-order valence-electron chi connectivity index (χ1n) is 18.2. The van der Waals surface area contributed by atoms with Gasteiger partial charge < -0.3 is 24.8 Å². The SMILES string of the molecule is CCc1ccc(CC(CC(=O)N2CCC3C[C@]2(N2CNc4ccccc4C2)O3)C(=O)N2CCN(C3CCN(C)CC3)CC2)cc1CC. The van der Waals surface area contributed by atoms with Crippen molar-refractivity contribution in [2.24, 2.45) is 5.92 Å². The minimum atomic E-state index is -0.744. The summed E-state index contributed by atoms with van der Waals surface area (Å²) >= 11 is 0. The molecule has 2 aromatic carbocycles. The number of piperidine rings is 2. The molecule has 2 aromatic rings. The Morgan fingerprint density at radius 2 is 1.68 bits per heavy atom. The Morgan fingerprint density at radius 3 is 2.43 bits per heavy atom. The minimum absolute atomic E-state index is 0.0335. The van der Waals surface area contributed by atoms with E-state index in [-0.39, 0.29) is 24.3 Å². The second kappa shape index (κ2) is 13.9. The Hall–Kier alpha value is -2.98. The van der Waals surface area contributed by atoms with Crippen LogP contribution < -0.4 is 5.32 Å². The zero-order valence-corrected chi connectivity index (χ0v) is 28.8. The second-order valence-corrected chi connectivity index (χ2v) is 14.5. The van der Waals surface area contributed by atoms with E-state index >= 15 is 0 Å². The number of likely N-dealkylation sites (tertiary alicyclic amines) is 1.